The quantitative estimate of drug-likeness (QED) is 0.618. The molecular weight excluding hydrogens is 264 g/mol. The van der Waals surface area contributed by atoms with Crippen LogP contribution in [0.2, 0.25) is 0 Å². The molecule has 4 nitrogen and oxygen atoms in total. The maximum Gasteiger partial charge on any atom is 0.235 e. The number of amides is 2. The molecule has 0 aromatic heterocycles. The van der Waals surface area contributed by atoms with Crippen LogP contribution in [0.15, 0.2) is 0 Å². The average Bonchev–Trinajstić information content (AvgIpc) is 3.20. The molecule has 0 aromatic carbocycles. The predicted molar refractivity (Wildman–Crippen MR) is 81.7 cm³/mol. The molecule has 2 amide bonds. The summed E-state index contributed by atoms with van der Waals surface area (Å²) in [4.78, 5) is 25.0. The SMILES string of the molecule is O=C(NC1CCCCCC1)C1(C(=O)NC2CCCC2)CC1. The molecular formula is C17H28N2O2. The lowest BCUT2D eigenvalue weighted by atomic mass is 10.0. The number of hydrogen-bond donors (Lipinski definition) is 2. The molecule has 118 valence electrons. The van der Waals surface area contributed by atoms with Gasteiger partial charge in [-0.05, 0) is 38.5 Å². The first-order valence-corrected chi connectivity index (χ1v) is 8.83. The monoisotopic (exact) mass is 292 g/mol. The fourth-order valence-electron chi connectivity index (χ4n) is 3.82. The molecule has 4 heteroatoms. The zero-order valence-electron chi connectivity index (χ0n) is 13.0. The van der Waals surface area contributed by atoms with Gasteiger partial charge < -0.3 is 10.6 Å². The van der Waals surface area contributed by atoms with E-state index in [1.165, 1.54) is 38.5 Å². The summed E-state index contributed by atoms with van der Waals surface area (Å²) in [6, 6.07) is 0.595. The van der Waals surface area contributed by atoms with Gasteiger partial charge in [-0.25, -0.2) is 0 Å². The van der Waals surface area contributed by atoms with E-state index in [0.717, 1.165) is 38.5 Å². The molecule has 2 N–H and O–H groups in total. The molecule has 3 aliphatic rings. The molecule has 21 heavy (non-hydrogen) atoms. The Hall–Kier alpha value is -1.06. The molecule has 3 saturated carbocycles. The minimum absolute atomic E-state index is 0.00935. The Balaban J connectivity index is 1.53. The molecule has 0 heterocycles. The van der Waals surface area contributed by atoms with Gasteiger partial charge in [0.25, 0.3) is 0 Å². The van der Waals surface area contributed by atoms with Gasteiger partial charge in [0, 0.05) is 12.1 Å². The van der Waals surface area contributed by atoms with E-state index >= 15 is 0 Å². The van der Waals surface area contributed by atoms with Crippen molar-refractivity contribution in [3.63, 3.8) is 0 Å². The van der Waals surface area contributed by atoms with Gasteiger partial charge in [0.1, 0.15) is 5.41 Å². The topological polar surface area (TPSA) is 58.2 Å². The van der Waals surface area contributed by atoms with Crippen LogP contribution >= 0.6 is 0 Å². The van der Waals surface area contributed by atoms with Crippen molar-refractivity contribution < 1.29 is 9.59 Å². The van der Waals surface area contributed by atoms with Crippen molar-refractivity contribution in [2.75, 3.05) is 0 Å². The van der Waals surface area contributed by atoms with Gasteiger partial charge in [-0.15, -0.1) is 0 Å². The average molecular weight is 292 g/mol. The molecule has 3 aliphatic carbocycles. The summed E-state index contributed by atoms with van der Waals surface area (Å²) in [5, 5.41) is 6.28. The van der Waals surface area contributed by atoms with Crippen LogP contribution in [0.1, 0.15) is 77.0 Å². The standard InChI is InChI=1S/C17H28N2O2/c20-15(18-13-7-3-1-2-4-8-13)17(11-12-17)16(21)19-14-9-5-6-10-14/h13-14H,1-12H2,(H,18,20)(H,19,21). The number of carbonyl (C=O) groups excluding carboxylic acids is 2. The van der Waals surface area contributed by atoms with Crippen LogP contribution in [-0.2, 0) is 9.59 Å². The fraction of sp³-hybridized carbons (Fsp3) is 0.882. The highest BCUT2D eigenvalue weighted by molar-refractivity contribution is 6.08. The highest BCUT2D eigenvalue weighted by Crippen LogP contribution is 2.46. The van der Waals surface area contributed by atoms with E-state index in [2.05, 4.69) is 10.6 Å². The van der Waals surface area contributed by atoms with Gasteiger partial charge in [-0.3, -0.25) is 9.59 Å². The molecule has 0 spiro atoms. The Morgan fingerprint density at radius 3 is 1.43 bits per heavy atom. The maximum absolute atomic E-state index is 12.6. The Kier molecular flexibility index (Phi) is 4.51. The number of hydrogen-bond acceptors (Lipinski definition) is 2. The first kappa shape index (κ1) is 14.9. The molecule has 0 aliphatic heterocycles. The molecule has 0 saturated heterocycles. The summed E-state index contributed by atoms with van der Waals surface area (Å²) in [6.45, 7) is 0. The van der Waals surface area contributed by atoms with Crippen LogP contribution in [0, 0.1) is 5.41 Å². The van der Waals surface area contributed by atoms with Gasteiger partial charge in [0.05, 0.1) is 0 Å². The smallest absolute Gasteiger partial charge is 0.235 e. The maximum atomic E-state index is 12.6. The van der Waals surface area contributed by atoms with Crippen LogP contribution in [0.5, 0.6) is 0 Å². The van der Waals surface area contributed by atoms with Crippen molar-refractivity contribution in [1.82, 2.24) is 10.6 Å². The normalized spacial score (nSPS) is 26.1. The van der Waals surface area contributed by atoms with Crippen molar-refractivity contribution in [3.05, 3.63) is 0 Å². The zero-order valence-corrected chi connectivity index (χ0v) is 13.0. The van der Waals surface area contributed by atoms with Crippen molar-refractivity contribution in [3.8, 4) is 0 Å². The summed E-state index contributed by atoms with van der Waals surface area (Å²) in [5.74, 6) is -0.0228. The van der Waals surface area contributed by atoms with E-state index < -0.39 is 5.41 Å². The molecule has 0 aromatic rings. The lowest BCUT2D eigenvalue weighted by Gasteiger charge is -2.22. The van der Waals surface area contributed by atoms with E-state index in [9.17, 15) is 9.59 Å². The van der Waals surface area contributed by atoms with E-state index in [0.29, 0.717) is 6.04 Å². The number of rotatable bonds is 4. The van der Waals surface area contributed by atoms with Crippen LogP contribution in [0.4, 0.5) is 0 Å². The summed E-state index contributed by atoms with van der Waals surface area (Å²) in [7, 11) is 0. The van der Waals surface area contributed by atoms with Crippen LogP contribution in [0.25, 0.3) is 0 Å². The molecule has 0 radical (unpaired) electrons. The van der Waals surface area contributed by atoms with E-state index in [1.54, 1.807) is 0 Å². The fourth-order valence-corrected chi connectivity index (χ4v) is 3.82. The summed E-state index contributed by atoms with van der Waals surface area (Å²) >= 11 is 0. The highest BCUT2D eigenvalue weighted by Gasteiger charge is 2.57. The zero-order chi connectivity index (χ0) is 14.7. The largest absolute Gasteiger partial charge is 0.352 e. The van der Waals surface area contributed by atoms with E-state index in [-0.39, 0.29) is 17.9 Å². The summed E-state index contributed by atoms with van der Waals surface area (Å²) in [6.07, 6.45) is 13.1. The number of nitrogens with one attached hydrogen (secondary N) is 2. The van der Waals surface area contributed by atoms with Crippen molar-refractivity contribution in [1.29, 1.82) is 0 Å². The van der Waals surface area contributed by atoms with Gasteiger partial charge in [0.2, 0.25) is 11.8 Å². The van der Waals surface area contributed by atoms with Gasteiger partial charge in [0.15, 0.2) is 0 Å². The molecule has 0 bridgehead atoms. The first-order chi connectivity index (χ1) is 10.2. The Morgan fingerprint density at radius 1 is 0.667 bits per heavy atom. The van der Waals surface area contributed by atoms with Gasteiger partial charge in [-0.2, -0.15) is 0 Å². The highest BCUT2D eigenvalue weighted by atomic mass is 16.2. The molecule has 0 unspecified atom stereocenters. The van der Waals surface area contributed by atoms with Crippen LogP contribution < -0.4 is 10.6 Å². The predicted octanol–water partition coefficient (Wildman–Crippen LogP) is 2.66. The second-order valence-electron chi connectivity index (χ2n) is 7.20. The second-order valence-corrected chi connectivity index (χ2v) is 7.20. The lowest BCUT2D eigenvalue weighted by molar-refractivity contribution is -0.138. The molecule has 3 rings (SSSR count). The van der Waals surface area contributed by atoms with Crippen molar-refractivity contribution in [2.24, 2.45) is 5.41 Å². The van der Waals surface area contributed by atoms with E-state index in [1.807, 2.05) is 0 Å². The third-order valence-electron chi connectivity index (χ3n) is 5.50. The third-order valence-corrected chi connectivity index (χ3v) is 5.50. The second kappa shape index (κ2) is 6.37. The minimum Gasteiger partial charge on any atom is -0.352 e. The van der Waals surface area contributed by atoms with Gasteiger partial charge >= 0.3 is 0 Å². The third kappa shape index (κ3) is 3.41. The van der Waals surface area contributed by atoms with Crippen molar-refractivity contribution >= 4 is 11.8 Å². The molecule has 3 fully saturated rings. The van der Waals surface area contributed by atoms with Crippen molar-refractivity contribution in [2.45, 2.75) is 89.1 Å². The van der Waals surface area contributed by atoms with Crippen LogP contribution in [-0.4, -0.2) is 23.9 Å². The summed E-state index contributed by atoms with van der Waals surface area (Å²) < 4.78 is 0. The molecule has 0 atom stereocenters. The van der Waals surface area contributed by atoms with Gasteiger partial charge in [-0.1, -0.05) is 38.5 Å². The summed E-state index contributed by atoms with van der Waals surface area (Å²) in [5.41, 5.74) is -0.727. The van der Waals surface area contributed by atoms with Crippen LogP contribution in [0.3, 0.4) is 0 Å². The Morgan fingerprint density at radius 2 is 1.05 bits per heavy atom. The number of carbonyl (C=O) groups is 2. The minimum atomic E-state index is -0.727. The van der Waals surface area contributed by atoms with E-state index in [4.69, 9.17) is 0 Å². The Labute approximate surface area is 127 Å². The first-order valence-electron chi connectivity index (χ1n) is 8.83. The Bertz CT molecular complexity index is 390. The lowest BCUT2D eigenvalue weighted by Crippen LogP contribution is -2.48.